The average Bonchev–Trinajstić information content (AvgIpc) is 3.81. The van der Waals surface area contributed by atoms with Gasteiger partial charge in [-0.2, -0.15) is 12.7 Å². The van der Waals surface area contributed by atoms with E-state index in [1.54, 1.807) is 13.2 Å². The lowest BCUT2D eigenvalue weighted by Crippen LogP contribution is -2.44. The monoisotopic (exact) mass is 709 g/mol. The molecule has 3 N–H and O–H groups in total. The number of aromatic nitrogens is 1. The van der Waals surface area contributed by atoms with Crippen molar-refractivity contribution in [3.8, 4) is 17.0 Å². The molecule has 11 heteroatoms. The van der Waals surface area contributed by atoms with Crippen LogP contribution in [0.2, 0.25) is 0 Å². The van der Waals surface area contributed by atoms with E-state index in [1.165, 1.54) is 31.6 Å². The molecule has 2 saturated carbocycles. The van der Waals surface area contributed by atoms with Gasteiger partial charge in [-0.25, -0.2) is 4.72 Å². The molecule has 2 aliphatic carbocycles. The van der Waals surface area contributed by atoms with Crippen molar-refractivity contribution in [3.63, 3.8) is 0 Å². The van der Waals surface area contributed by atoms with E-state index in [1.807, 2.05) is 30.3 Å². The normalized spacial score (nSPS) is 22.2. The molecule has 2 amide bonds. The fourth-order valence-electron chi connectivity index (χ4n) is 9.19. The van der Waals surface area contributed by atoms with Crippen LogP contribution in [0.25, 0.3) is 22.2 Å². The van der Waals surface area contributed by atoms with Crippen LogP contribution in [0.3, 0.4) is 0 Å². The topological polar surface area (TPSA) is 127 Å². The van der Waals surface area contributed by atoms with Crippen LogP contribution in [-0.2, 0) is 21.5 Å². The molecule has 1 saturated heterocycles. The van der Waals surface area contributed by atoms with Crippen molar-refractivity contribution in [3.05, 3.63) is 82.9 Å². The van der Waals surface area contributed by atoms with Gasteiger partial charge in [-0.3, -0.25) is 9.59 Å². The van der Waals surface area contributed by atoms with Gasteiger partial charge in [0.15, 0.2) is 0 Å². The number of hydrogen-bond acceptors (Lipinski definition) is 6. The number of rotatable bonds is 7. The van der Waals surface area contributed by atoms with E-state index in [4.69, 9.17) is 10.5 Å². The van der Waals surface area contributed by atoms with Crippen LogP contribution >= 0.6 is 0 Å². The summed E-state index contributed by atoms with van der Waals surface area (Å²) in [6.45, 7) is 1.89. The molecule has 0 radical (unpaired) electrons. The molecule has 3 aromatic carbocycles. The second kappa shape index (κ2) is 12.7. The van der Waals surface area contributed by atoms with E-state index >= 15 is 0 Å². The van der Waals surface area contributed by atoms with Crippen molar-refractivity contribution in [2.24, 2.45) is 5.41 Å². The molecule has 2 atom stereocenters. The molecular weight excluding hydrogens is 663 g/mol. The zero-order valence-corrected chi connectivity index (χ0v) is 30.5. The number of carbonyl (C=O) groups is 2. The summed E-state index contributed by atoms with van der Waals surface area (Å²) in [7, 11) is 0.475. The second-order valence-electron chi connectivity index (χ2n) is 15.2. The largest absolute Gasteiger partial charge is 0.497 e. The van der Waals surface area contributed by atoms with Crippen LogP contribution in [-0.4, -0.2) is 68.3 Å². The summed E-state index contributed by atoms with van der Waals surface area (Å²) in [4.78, 5) is 30.4. The van der Waals surface area contributed by atoms with Crippen LogP contribution in [0.5, 0.6) is 5.75 Å². The SMILES string of the molecule is COc1ccc2c(c1)C1CC1(C(=O)N1CCC(c3ccc(N)cc3)CC1)Cn1c-2c(C2CCCCC2)c2ccc(C(=O)NS(=O)(=O)N(C)C)cc21. The molecule has 10 nitrogen and oxygen atoms in total. The van der Waals surface area contributed by atoms with Crippen molar-refractivity contribution >= 4 is 38.6 Å². The van der Waals surface area contributed by atoms with E-state index < -0.39 is 21.5 Å². The van der Waals surface area contributed by atoms with Crippen molar-refractivity contribution in [1.29, 1.82) is 0 Å². The molecule has 8 rings (SSSR count). The van der Waals surface area contributed by atoms with Gasteiger partial charge in [0, 0.05) is 67.4 Å². The third-order valence-electron chi connectivity index (χ3n) is 12.1. The number of nitrogens with zero attached hydrogens (tertiary/aromatic N) is 3. The van der Waals surface area contributed by atoms with E-state index in [-0.39, 0.29) is 17.4 Å². The Morgan fingerprint density at radius 2 is 1.65 bits per heavy atom. The summed E-state index contributed by atoms with van der Waals surface area (Å²) in [5, 5.41) is 1.07. The standard InChI is InChI=1S/C40H47N5O5S/c1-43(2)51(48,49)42-38(46)28-11-15-32-35(21-28)45-24-40(39(47)44-19-17-26(18-20-44)25-9-12-29(41)13-10-25)23-34(40)33-22-30(50-3)14-16-31(33)37(45)36(32)27-7-5-4-6-8-27/h9-16,21-22,26-27,34H,4-8,17-20,23-24,41H2,1-3H3,(H,42,46). The molecule has 0 spiro atoms. The molecule has 2 unspecified atom stereocenters. The fraction of sp³-hybridized carbons (Fsp3) is 0.450. The van der Waals surface area contributed by atoms with E-state index in [2.05, 4.69) is 38.5 Å². The molecule has 0 bridgehead atoms. The van der Waals surface area contributed by atoms with E-state index in [0.29, 0.717) is 31.5 Å². The first-order valence-corrected chi connectivity index (χ1v) is 19.7. The Morgan fingerprint density at radius 1 is 0.922 bits per heavy atom. The lowest BCUT2D eigenvalue weighted by molar-refractivity contribution is -0.138. The molecule has 51 heavy (non-hydrogen) atoms. The first-order valence-electron chi connectivity index (χ1n) is 18.2. The number of nitrogen functional groups attached to an aromatic ring is 1. The Balaban J connectivity index is 1.23. The summed E-state index contributed by atoms with van der Waals surface area (Å²) < 4.78 is 36.5. The van der Waals surface area contributed by atoms with Crippen molar-refractivity contribution in [2.75, 3.05) is 40.0 Å². The zero-order chi connectivity index (χ0) is 35.7. The zero-order valence-electron chi connectivity index (χ0n) is 29.7. The van der Waals surface area contributed by atoms with Crippen molar-refractivity contribution in [1.82, 2.24) is 18.5 Å². The van der Waals surface area contributed by atoms with Gasteiger partial charge < -0.3 is 19.9 Å². The predicted octanol–water partition coefficient (Wildman–Crippen LogP) is 6.38. The second-order valence-corrected chi connectivity index (χ2v) is 17.1. The van der Waals surface area contributed by atoms with Gasteiger partial charge in [0.05, 0.1) is 18.2 Å². The molecule has 2 aliphatic heterocycles. The van der Waals surface area contributed by atoms with Crippen LogP contribution in [0.15, 0.2) is 60.7 Å². The number of piperidine rings is 1. The predicted molar refractivity (Wildman–Crippen MR) is 199 cm³/mol. The summed E-state index contributed by atoms with van der Waals surface area (Å²) in [5.74, 6) is 1.05. The maximum atomic E-state index is 14.9. The van der Waals surface area contributed by atoms with Crippen LogP contribution in [0, 0.1) is 5.41 Å². The highest BCUT2D eigenvalue weighted by Crippen LogP contribution is 2.66. The Labute approximate surface area is 300 Å². The molecule has 4 aromatic rings. The number of carbonyl (C=O) groups excluding carboxylic acids is 2. The average molecular weight is 710 g/mol. The first-order chi connectivity index (χ1) is 24.5. The van der Waals surface area contributed by atoms with Gasteiger partial charge >= 0.3 is 10.2 Å². The van der Waals surface area contributed by atoms with E-state index in [0.717, 1.165) is 88.4 Å². The quantitative estimate of drug-likeness (QED) is 0.215. The third kappa shape index (κ3) is 5.78. The van der Waals surface area contributed by atoms with Gasteiger partial charge in [-0.15, -0.1) is 0 Å². The smallest absolute Gasteiger partial charge is 0.303 e. The Hall–Kier alpha value is -4.35. The lowest BCUT2D eigenvalue weighted by atomic mass is 9.81. The van der Waals surface area contributed by atoms with Gasteiger partial charge in [0.2, 0.25) is 5.91 Å². The number of amides is 2. The summed E-state index contributed by atoms with van der Waals surface area (Å²) in [6, 6.07) is 20.0. The number of likely N-dealkylation sites (tertiary alicyclic amines) is 1. The highest BCUT2D eigenvalue weighted by Gasteiger charge is 2.64. The van der Waals surface area contributed by atoms with Crippen molar-refractivity contribution in [2.45, 2.75) is 75.7 Å². The molecular formula is C40H47N5O5S. The Kier molecular flexibility index (Phi) is 8.41. The minimum absolute atomic E-state index is 0.0378. The van der Waals surface area contributed by atoms with Gasteiger partial charge in [0.1, 0.15) is 5.75 Å². The molecule has 3 heterocycles. The van der Waals surface area contributed by atoms with Gasteiger partial charge in [-0.1, -0.05) is 37.5 Å². The number of nitrogens with one attached hydrogen (secondary N) is 1. The fourth-order valence-corrected chi connectivity index (χ4v) is 9.72. The van der Waals surface area contributed by atoms with E-state index in [9.17, 15) is 18.0 Å². The van der Waals surface area contributed by atoms with Gasteiger partial charge in [-0.05, 0) is 103 Å². The lowest BCUT2D eigenvalue weighted by Gasteiger charge is -2.35. The summed E-state index contributed by atoms with van der Waals surface area (Å²) >= 11 is 0. The number of nitrogens with two attached hydrogens (primary N) is 1. The summed E-state index contributed by atoms with van der Waals surface area (Å²) in [5.41, 5.74) is 13.1. The number of benzene rings is 3. The molecule has 4 aliphatic rings. The number of hydrogen-bond donors (Lipinski definition) is 2. The Bertz CT molecular complexity index is 2130. The summed E-state index contributed by atoms with van der Waals surface area (Å²) in [6.07, 6.45) is 8.24. The number of anilines is 1. The first kappa shape index (κ1) is 33.8. The minimum Gasteiger partial charge on any atom is -0.497 e. The van der Waals surface area contributed by atoms with Crippen LogP contribution in [0.1, 0.15) is 96.2 Å². The number of methoxy groups -OCH3 is 1. The number of fused-ring (bicyclic) bond motifs is 7. The minimum atomic E-state index is -3.98. The maximum Gasteiger partial charge on any atom is 0.303 e. The highest BCUT2D eigenvalue weighted by atomic mass is 32.2. The molecule has 268 valence electrons. The highest BCUT2D eigenvalue weighted by molar-refractivity contribution is 7.87. The molecule has 1 aromatic heterocycles. The van der Waals surface area contributed by atoms with Crippen LogP contribution < -0.4 is 15.2 Å². The molecule has 3 fully saturated rings. The van der Waals surface area contributed by atoms with Crippen LogP contribution in [0.4, 0.5) is 5.69 Å². The maximum absolute atomic E-state index is 14.9. The third-order valence-corrected chi connectivity index (χ3v) is 13.5. The van der Waals surface area contributed by atoms with Gasteiger partial charge in [0.25, 0.3) is 5.91 Å². The number of ether oxygens (including phenoxy) is 1. The van der Waals surface area contributed by atoms with Crippen molar-refractivity contribution < 1.29 is 22.7 Å². The Morgan fingerprint density at radius 3 is 2.33 bits per heavy atom.